The predicted molar refractivity (Wildman–Crippen MR) is 142 cm³/mol. The zero-order valence-electron chi connectivity index (χ0n) is 22.1. The van der Waals surface area contributed by atoms with Crippen LogP contribution >= 0.6 is 0 Å². The average molecular weight is 541 g/mol. The summed E-state index contributed by atoms with van der Waals surface area (Å²) in [5.74, 6) is -2.23. The molecule has 0 saturated heterocycles. The van der Waals surface area contributed by atoms with Crippen LogP contribution in [0.25, 0.3) is 0 Å². The van der Waals surface area contributed by atoms with Gasteiger partial charge in [0.05, 0.1) is 6.61 Å². The molecule has 1 fully saturated rings. The number of aromatic hydroxyl groups is 1. The average Bonchev–Trinajstić information content (AvgIpc) is 3.46. The highest BCUT2D eigenvalue weighted by molar-refractivity contribution is 5.89. The summed E-state index contributed by atoms with van der Waals surface area (Å²) in [5, 5.41) is 24.9. The highest BCUT2D eigenvalue weighted by atomic mass is 16.5. The summed E-state index contributed by atoms with van der Waals surface area (Å²) in [6, 6.07) is 11.3. The number of phenols is 1. The largest absolute Gasteiger partial charge is 0.508 e. The number of benzene rings is 2. The molecule has 3 rings (SSSR count). The first-order valence-electron chi connectivity index (χ1n) is 13.2. The molecule has 0 aliphatic heterocycles. The lowest BCUT2D eigenvalue weighted by Gasteiger charge is -2.23. The molecule has 10 nitrogen and oxygen atoms in total. The number of rotatable bonds is 13. The summed E-state index contributed by atoms with van der Waals surface area (Å²) in [7, 11) is 0. The van der Waals surface area contributed by atoms with E-state index in [1.165, 1.54) is 6.07 Å². The normalized spacial score (nSPS) is 14.7. The molecule has 2 amide bonds. The first-order valence-corrected chi connectivity index (χ1v) is 13.2. The minimum absolute atomic E-state index is 0.00373. The topological polar surface area (TPSA) is 151 Å². The maximum absolute atomic E-state index is 13.2. The Morgan fingerprint density at radius 1 is 0.974 bits per heavy atom. The Hall–Kier alpha value is -4.08. The van der Waals surface area contributed by atoms with Crippen LogP contribution in [0.15, 0.2) is 48.5 Å². The van der Waals surface area contributed by atoms with E-state index in [2.05, 4.69) is 10.6 Å². The summed E-state index contributed by atoms with van der Waals surface area (Å²) in [5.41, 5.74) is 2.36. The van der Waals surface area contributed by atoms with Crippen molar-refractivity contribution in [1.82, 2.24) is 10.6 Å². The maximum Gasteiger partial charge on any atom is 0.408 e. The third-order valence-corrected chi connectivity index (χ3v) is 6.73. The van der Waals surface area contributed by atoms with Gasteiger partial charge in [-0.2, -0.15) is 0 Å². The molecule has 0 unspecified atom stereocenters. The second-order valence-electron chi connectivity index (χ2n) is 9.57. The Morgan fingerprint density at radius 3 is 2.36 bits per heavy atom. The van der Waals surface area contributed by atoms with Gasteiger partial charge >= 0.3 is 18.0 Å². The smallest absolute Gasteiger partial charge is 0.408 e. The lowest BCUT2D eigenvalue weighted by molar-refractivity contribution is -0.144. The molecule has 2 atom stereocenters. The molecule has 1 aliphatic carbocycles. The first-order chi connectivity index (χ1) is 18.8. The second kappa shape index (κ2) is 14.8. The summed E-state index contributed by atoms with van der Waals surface area (Å²) in [6.07, 6.45) is 2.88. The van der Waals surface area contributed by atoms with E-state index >= 15 is 0 Å². The standard InChI is InChI=1S/C29H36N2O8/c1-2-38-26(33)15-14-24(31-29(37)39-18-19-8-4-3-5-9-19)27(34)30-25(28(35)36)16-21-12-13-22(32)17-23(21)20-10-6-7-11-20/h3-5,8-9,12-13,17,20,24-25,32H,2,6-7,10-11,14-16,18H2,1H3,(H,30,34)(H,31,37)(H,35,36)/t24-,25-/m0/s1. The van der Waals surface area contributed by atoms with E-state index in [0.29, 0.717) is 0 Å². The Bertz CT molecular complexity index is 1130. The Balaban J connectivity index is 1.70. The second-order valence-corrected chi connectivity index (χ2v) is 9.57. The minimum atomic E-state index is -1.30. The summed E-state index contributed by atoms with van der Waals surface area (Å²) < 4.78 is 10.1. The Morgan fingerprint density at radius 2 is 1.69 bits per heavy atom. The van der Waals surface area contributed by atoms with Gasteiger partial charge < -0.3 is 30.3 Å². The fraction of sp³-hybridized carbons (Fsp3) is 0.448. The monoisotopic (exact) mass is 540 g/mol. The van der Waals surface area contributed by atoms with Gasteiger partial charge in [0, 0.05) is 12.8 Å². The number of nitrogens with one attached hydrogen (secondary N) is 2. The Labute approximate surface area is 227 Å². The molecule has 2 aromatic rings. The minimum Gasteiger partial charge on any atom is -0.508 e. The van der Waals surface area contributed by atoms with Gasteiger partial charge in [0.15, 0.2) is 0 Å². The van der Waals surface area contributed by atoms with Crippen molar-refractivity contribution in [2.24, 2.45) is 0 Å². The van der Waals surface area contributed by atoms with Gasteiger partial charge in [-0.1, -0.05) is 49.2 Å². The SMILES string of the molecule is CCOC(=O)CC[C@H](NC(=O)OCc1ccccc1)C(=O)N[C@@H](Cc1ccc(O)cc1C1CCCC1)C(=O)O. The number of aliphatic carboxylic acids is 1. The van der Waals surface area contributed by atoms with Gasteiger partial charge in [-0.15, -0.1) is 0 Å². The molecule has 39 heavy (non-hydrogen) atoms. The van der Waals surface area contributed by atoms with Crippen molar-refractivity contribution in [3.05, 3.63) is 65.2 Å². The van der Waals surface area contributed by atoms with Crippen molar-refractivity contribution < 1.29 is 38.9 Å². The van der Waals surface area contributed by atoms with Gasteiger partial charge in [0.25, 0.3) is 0 Å². The van der Waals surface area contributed by atoms with E-state index in [1.54, 1.807) is 43.3 Å². The van der Waals surface area contributed by atoms with Crippen LogP contribution in [-0.2, 0) is 36.9 Å². The zero-order valence-corrected chi connectivity index (χ0v) is 22.1. The number of carbonyl (C=O) groups is 4. The maximum atomic E-state index is 13.2. The quantitative estimate of drug-likeness (QED) is 0.280. The van der Waals surface area contributed by atoms with Crippen molar-refractivity contribution in [1.29, 1.82) is 0 Å². The number of esters is 1. The van der Waals surface area contributed by atoms with Crippen LogP contribution < -0.4 is 10.6 Å². The van der Waals surface area contributed by atoms with Crippen molar-refractivity contribution in [2.45, 2.75) is 76.5 Å². The van der Waals surface area contributed by atoms with Gasteiger partial charge in [0.1, 0.15) is 24.4 Å². The van der Waals surface area contributed by atoms with Crippen LogP contribution in [0.5, 0.6) is 5.75 Å². The molecular formula is C29H36N2O8. The van der Waals surface area contributed by atoms with Crippen LogP contribution in [0.1, 0.15) is 68.1 Å². The number of hydrogen-bond donors (Lipinski definition) is 4. The predicted octanol–water partition coefficient (Wildman–Crippen LogP) is 3.80. The van der Waals surface area contributed by atoms with Gasteiger partial charge in [-0.05, 0) is 60.9 Å². The van der Waals surface area contributed by atoms with Crippen LogP contribution in [0.2, 0.25) is 0 Å². The highest BCUT2D eigenvalue weighted by Crippen LogP contribution is 2.37. The number of alkyl carbamates (subject to hydrolysis) is 1. The van der Waals surface area contributed by atoms with E-state index in [1.807, 2.05) is 6.07 Å². The van der Waals surface area contributed by atoms with Crippen molar-refractivity contribution in [2.75, 3.05) is 6.61 Å². The number of amides is 2. The van der Waals surface area contributed by atoms with Crippen LogP contribution in [0.3, 0.4) is 0 Å². The van der Waals surface area contributed by atoms with Gasteiger partial charge in [-0.25, -0.2) is 9.59 Å². The molecule has 0 bridgehead atoms. The molecule has 0 radical (unpaired) electrons. The van der Waals surface area contributed by atoms with Crippen molar-refractivity contribution >= 4 is 23.9 Å². The van der Waals surface area contributed by atoms with Crippen molar-refractivity contribution in [3.63, 3.8) is 0 Å². The van der Waals surface area contributed by atoms with Gasteiger partial charge in [-0.3, -0.25) is 9.59 Å². The summed E-state index contributed by atoms with van der Waals surface area (Å²) >= 11 is 0. The molecule has 210 valence electrons. The van der Waals surface area contributed by atoms with Crippen LogP contribution in [0.4, 0.5) is 4.79 Å². The highest BCUT2D eigenvalue weighted by Gasteiger charge is 2.29. The molecule has 2 aromatic carbocycles. The molecule has 1 aliphatic rings. The fourth-order valence-corrected chi connectivity index (χ4v) is 4.75. The molecular weight excluding hydrogens is 504 g/mol. The molecule has 4 N–H and O–H groups in total. The number of phenolic OH excluding ortho intramolecular Hbond substituents is 1. The number of carboxylic acid groups (broad SMARTS) is 1. The van der Waals surface area contributed by atoms with Crippen LogP contribution in [0, 0.1) is 0 Å². The van der Waals surface area contributed by atoms with Crippen molar-refractivity contribution in [3.8, 4) is 5.75 Å². The number of carbonyl (C=O) groups excluding carboxylic acids is 3. The van der Waals surface area contributed by atoms with E-state index in [0.717, 1.165) is 42.4 Å². The molecule has 1 saturated carbocycles. The lowest BCUT2D eigenvalue weighted by atomic mass is 9.89. The fourth-order valence-electron chi connectivity index (χ4n) is 4.75. The van der Waals surface area contributed by atoms with E-state index < -0.39 is 36.0 Å². The first kappa shape index (κ1) is 29.5. The number of hydrogen-bond acceptors (Lipinski definition) is 7. The molecule has 0 heterocycles. The summed E-state index contributed by atoms with van der Waals surface area (Å²) in [4.78, 5) is 49.7. The zero-order chi connectivity index (χ0) is 28.2. The van der Waals surface area contributed by atoms with E-state index in [4.69, 9.17) is 9.47 Å². The molecule has 0 aromatic heterocycles. The summed E-state index contributed by atoms with van der Waals surface area (Å²) in [6.45, 7) is 1.79. The molecule has 0 spiro atoms. The van der Waals surface area contributed by atoms with E-state index in [9.17, 15) is 29.4 Å². The third kappa shape index (κ3) is 9.31. The number of ether oxygens (including phenoxy) is 2. The lowest BCUT2D eigenvalue weighted by Crippen LogP contribution is -2.52. The van der Waals surface area contributed by atoms with E-state index in [-0.39, 0.29) is 44.1 Å². The third-order valence-electron chi connectivity index (χ3n) is 6.73. The van der Waals surface area contributed by atoms with Gasteiger partial charge in [0.2, 0.25) is 5.91 Å². The Kier molecular flexibility index (Phi) is 11.1. The molecule has 10 heteroatoms. The van der Waals surface area contributed by atoms with Crippen LogP contribution in [-0.4, -0.2) is 52.8 Å². The number of carboxylic acids is 1.